The van der Waals surface area contributed by atoms with Crippen LogP contribution in [0.1, 0.15) is 98.8 Å². The number of fused-ring (bicyclic) bond motifs is 4. The minimum atomic E-state index is -1.17. The second-order valence-electron chi connectivity index (χ2n) is 12.0. The topological polar surface area (TPSA) is 60.7 Å². The maximum atomic E-state index is 11.6. The molecule has 2 fully saturated rings. The van der Waals surface area contributed by atoms with E-state index in [-0.39, 0.29) is 5.41 Å². The Morgan fingerprint density at radius 1 is 1.13 bits per heavy atom. The Balaban J connectivity index is 1.62. The molecule has 0 aromatic carbocycles. The van der Waals surface area contributed by atoms with Crippen molar-refractivity contribution in [3.05, 3.63) is 22.8 Å². The molecule has 4 aliphatic rings. The van der Waals surface area contributed by atoms with Gasteiger partial charge in [-0.15, -0.1) is 0 Å². The summed E-state index contributed by atoms with van der Waals surface area (Å²) < 4.78 is 0. The zero-order valence-electron chi connectivity index (χ0n) is 19.9. The van der Waals surface area contributed by atoms with Crippen LogP contribution in [0.3, 0.4) is 0 Å². The predicted octanol–water partition coefficient (Wildman–Crippen LogP) is 5.54. The van der Waals surface area contributed by atoms with Gasteiger partial charge in [-0.1, -0.05) is 43.6 Å². The highest BCUT2D eigenvalue weighted by atomic mass is 16.3. The lowest BCUT2D eigenvalue weighted by Gasteiger charge is -2.60. The van der Waals surface area contributed by atoms with Crippen molar-refractivity contribution in [3.8, 4) is 0 Å². The van der Waals surface area contributed by atoms with Gasteiger partial charge in [0.05, 0.1) is 12.2 Å². The zero-order chi connectivity index (χ0) is 21.9. The molecular formula is C27H44O3. The fourth-order valence-electron chi connectivity index (χ4n) is 8.28. The molecule has 0 bridgehead atoms. The molecular weight excluding hydrogens is 372 g/mol. The number of hydrogen-bond acceptors (Lipinski definition) is 3. The largest absolute Gasteiger partial charge is 0.393 e. The van der Waals surface area contributed by atoms with Crippen LogP contribution in [0, 0.1) is 28.6 Å². The average molecular weight is 417 g/mol. The molecule has 0 saturated heterocycles. The van der Waals surface area contributed by atoms with Gasteiger partial charge in [0.25, 0.3) is 0 Å². The van der Waals surface area contributed by atoms with Crippen molar-refractivity contribution in [3.63, 3.8) is 0 Å². The van der Waals surface area contributed by atoms with Crippen molar-refractivity contribution >= 4 is 0 Å². The molecule has 3 nitrogen and oxygen atoms in total. The van der Waals surface area contributed by atoms with E-state index in [9.17, 15) is 15.3 Å². The molecule has 4 rings (SSSR count). The SMILES string of the molecule is CC(C)=CCCC(C)C1CCC2C3=C(CCC21C)C1(C)CCC(O)CC1(O)C(O)C3. The highest BCUT2D eigenvalue weighted by Gasteiger charge is 2.63. The summed E-state index contributed by atoms with van der Waals surface area (Å²) >= 11 is 0. The summed E-state index contributed by atoms with van der Waals surface area (Å²) in [6.45, 7) is 11.5. The first kappa shape index (κ1) is 22.6. The molecule has 170 valence electrons. The Bertz CT molecular complexity index is 734. The first-order valence-electron chi connectivity index (χ1n) is 12.5. The maximum Gasteiger partial charge on any atom is 0.102 e. The molecule has 8 unspecified atom stereocenters. The molecule has 0 aliphatic heterocycles. The van der Waals surface area contributed by atoms with Crippen molar-refractivity contribution in [2.24, 2.45) is 28.6 Å². The average Bonchev–Trinajstić information content (AvgIpc) is 3.01. The lowest BCUT2D eigenvalue weighted by molar-refractivity contribution is -0.191. The molecule has 0 radical (unpaired) electrons. The first-order chi connectivity index (χ1) is 14.0. The second-order valence-corrected chi connectivity index (χ2v) is 12.0. The molecule has 0 amide bonds. The standard InChI is InChI=1S/C27H44O3/c1-17(2)7-6-8-18(3)21-9-10-22-20-15-24(29)27(30)16-19(28)11-14-26(27,5)23(20)12-13-25(21,22)4/h7,18-19,21-22,24,28-30H,6,8-16H2,1-5H3. The van der Waals surface area contributed by atoms with E-state index in [1.807, 2.05) is 0 Å². The lowest BCUT2D eigenvalue weighted by Crippen LogP contribution is -2.63. The molecule has 8 atom stereocenters. The van der Waals surface area contributed by atoms with E-state index in [2.05, 4.69) is 40.7 Å². The normalized spacial score (nSPS) is 46.7. The van der Waals surface area contributed by atoms with Crippen molar-refractivity contribution in [1.82, 2.24) is 0 Å². The van der Waals surface area contributed by atoms with E-state index in [1.165, 1.54) is 48.8 Å². The fourth-order valence-corrected chi connectivity index (χ4v) is 8.28. The van der Waals surface area contributed by atoms with Crippen LogP contribution >= 0.6 is 0 Å². The molecule has 0 aromatic rings. The Hall–Kier alpha value is -0.640. The van der Waals surface area contributed by atoms with Crippen LogP contribution in [0.4, 0.5) is 0 Å². The zero-order valence-corrected chi connectivity index (χ0v) is 19.9. The number of aliphatic hydroxyl groups excluding tert-OH is 2. The number of allylic oxidation sites excluding steroid dienone is 2. The lowest BCUT2D eigenvalue weighted by atomic mass is 9.48. The summed E-state index contributed by atoms with van der Waals surface area (Å²) in [5.74, 6) is 2.03. The Morgan fingerprint density at radius 2 is 1.87 bits per heavy atom. The molecule has 3 heteroatoms. The Morgan fingerprint density at radius 3 is 2.57 bits per heavy atom. The van der Waals surface area contributed by atoms with Crippen LogP contribution in [0.2, 0.25) is 0 Å². The van der Waals surface area contributed by atoms with Gasteiger partial charge >= 0.3 is 0 Å². The van der Waals surface area contributed by atoms with Crippen molar-refractivity contribution in [2.45, 2.75) is 117 Å². The van der Waals surface area contributed by atoms with Crippen LogP contribution in [-0.2, 0) is 0 Å². The fraction of sp³-hybridized carbons (Fsp3) is 0.852. The van der Waals surface area contributed by atoms with Crippen molar-refractivity contribution < 1.29 is 15.3 Å². The smallest absolute Gasteiger partial charge is 0.102 e. The number of rotatable bonds is 4. The first-order valence-corrected chi connectivity index (χ1v) is 12.5. The third-order valence-corrected chi connectivity index (χ3v) is 10.1. The molecule has 2 saturated carbocycles. The summed E-state index contributed by atoms with van der Waals surface area (Å²) in [5, 5.41) is 32.9. The van der Waals surface area contributed by atoms with Gasteiger partial charge in [0.2, 0.25) is 0 Å². The minimum Gasteiger partial charge on any atom is -0.393 e. The third-order valence-electron chi connectivity index (χ3n) is 10.1. The molecule has 30 heavy (non-hydrogen) atoms. The molecule has 4 aliphatic carbocycles. The van der Waals surface area contributed by atoms with E-state index in [0.717, 1.165) is 31.1 Å². The number of hydrogen-bond donors (Lipinski definition) is 3. The summed E-state index contributed by atoms with van der Waals surface area (Å²) in [7, 11) is 0. The molecule has 0 heterocycles. The van der Waals surface area contributed by atoms with Crippen molar-refractivity contribution in [1.29, 1.82) is 0 Å². The monoisotopic (exact) mass is 416 g/mol. The van der Waals surface area contributed by atoms with Gasteiger partial charge in [-0.3, -0.25) is 0 Å². The van der Waals surface area contributed by atoms with Crippen LogP contribution in [0.25, 0.3) is 0 Å². The summed E-state index contributed by atoms with van der Waals surface area (Å²) in [6, 6.07) is 0. The van der Waals surface area contributed by atoms with E-state index in [1.54, 1.807) is 0 Å². The van der Waals surface area contributed by atoms with Crippen molar-refractivity contribution in [2.75, 3.05) is 0 Å². The van der Waals surface area contributed by atoms with E-state index in [0.29, 0.717) is 24.2 Å². The van der Waals surface area contributed by atoms with Crippen LogP contribution in [-0.4, -0.2) is 33.1 Å². The Kier molecular flexibility index (Phi) is 5.82. The van der Waals surface area contributed by atoms with Gasteiger partial charge in [0.1, 0.15) is 5.60 Å². The van der Waals surface area contributed by atoms with E-state index in [4.69, 9.17) is 0 Å². The quantitative estimate of drug-likeness (QED) is 0.527. The van der Waals surface area contributed by atoms with E-state index >= 15 is 0 Å². The minimum absolute atomic E-state index is 0.313. The Labute approximate surface area is 183 Å². The van der Waals surface area contributed by atoms with E-state index < -0.39 is 17.8 Å². The van der Waals surface area contributed by atoms with Gasteiger partial charge in [-0.05, 0) is 94.8 Å². The van der Waals surface area contributed by atoms with Gasteiger partial charge in [0, 0.05) is 11.8 Å². The molecule has 0 spiro atoms. The van der Waals surface area contributed by atoms with Gasteiger partial charge in [-0.2, -0.15) is 0 Å². The summed E-state index contributed by atoms with van der Waals surface area (Å²) in [6.07, 6.45) is 10.8. The van der Waals surface area contributed by atoms with Crippen LogP contribution < -0.4 is 0 Å². The summed E-state index contributed by atoms with van der Waals surface area (Å²) in [5.41, 5.74) is 3.12. The number of aliphatic hydroxyl groups is 3. The van der Waals surface area contributed by atoms with Gasteiger partial charge in [0.15, 0.2) is 0 Å². The second kappa shape index (κ2) is 7.74. The molecule has 3 N–H and O–H groups in total. The van der Waals surface area contributed by atoms with Crippen LogP contribution in [0.5, 0.6) is 0 Å². The van der Waals surface area contributed by atoms with Gasteiger partial charge < -0.3 is 15.3 Å². The predicted molar refractivity (Wildman–Crippen MR) is 122 cm³/mol. The summed E-state index contributed by atoms with van der Waals surface area (Å²) in [4.78, 5) is 0. The maximum absolute atomic E-state index is 11.6. The molecule has 0 aromatic heterocycles. The third kappa shape index (κ3) is 3.26. The van der Waals surface area contributed by atoms with Crippen LogP contribution in [0.15, 0.2) is 22.8 Å². The highest BCUT2D eigenvalue weighted by molar-refractivity contribution is 5.38. The van der Waals surface area contributed by atoms with Gasteiger partial charge in [-0.25, -0.2) is 0 Å². The highest BCUT2D eigenvalue weighted by Crippen LogP contribution is 2.66.